The van der Waals surface area contributed by atoms with Crippen molar-refractivity contribution < 1.29 is 43.0 Å². The van der Waals surface area contributed by atoms with E-state index in [0.717, 1.165) is 9.80 Å². The molecule has 1 unspecified atom stereocenters. The van der Waals surface area contributed by atoms with Crippen molar-refractivity contribution in [3.63, 3.8) is 0 Å². The molecule has 1 aliphatic heterocycles. The van der Waals surface area contributed by atoms with Crippen LogP contribution in [0.15, 0.2) is 0 Å². The maximum atomic E-state index is 13.5. The van der Waals surface area contributed by atoms with Gasteiger partial charge >= 0.3 is 18.0 Å². The fraction of sp³-hybridized carbons (Fsp3) is 0.682. The third kappa shape index (κ3) is 7.47. The van der Waals surface area contributed by atoms with Gasteiger partial charge in [-0.05, 0) is 40.5 Å². The third-order valence-electron chi connectivity index (χ3n) is 5.27. The number of carbonyl (C=O) groups excluding carboxylic acids is 7. The van der Waals surface area contributed by atoms with Crippen LogP contribution in [-0.2, 0) is 38.2 Å². The number of hydrogen-bond donors (Lipinski definition) is 0. The Bertz CT molecular complexity index is 808. The standard InChI is InChI=1S/C22H32N2O9/c1-5-32-17(27)8-12-22(11-7-15(3)25)19(29)23(13-9-16(4)26)21(31)24(20(22)30)14-10-18(28)33-6-2/h5-14H2,1-4H3. The van der Waals surface area contributed by atoms with Gasteiger partial charge in [-0.15, -0.1) is 0 Å². The molecule has 11 heteroatoms. The van der Waals surface area contributed by atoms with Gasteiger partial charge in [0.1, 0.15) is 17.0 Å². The molecule has 0 saturated carbocycles. The molecule has 1 aliphatic rings. The Hall–Kier alpha value is -3.11. The largest absolute Gasteiger partial charge is 0.466 e. The van der Waals surface area contributed by atoms with Gasteiger partial charge in [0.25, 0.3) is 0 Å². The van der Waals surface area contributed by atoms with Crippen molar-refractivity contribution >= 4 is 41.4 Å². The maximum Gasteiger partial charge on any atom is 0.333 e. The minimum absolute atomic E-state index is 0.107. The Morgan fingerprint density at radius 2 is 1.12 bits per heavy atom. The van der Waals surface area contributed by atoms with Crippen LogP contribution in [0.2, 0.25) is 0 Å². The van der Waals surface area contributed by atoms with E-state index in [-0.39, 0.29) is 76.4 Å². The Morgan fingerprint density at radius 3 is 1.58 bits per heavy atom. The van der Waals surface area contributed by atoms with Crippen LogP contribution in [-0.4, -0.2) is 77.5 Å². The van der Waals surface area contributed by atoms with Crippen LogP contribution in [0, 0.1) is 5.41 Å². The SMILES string of the molecule is CCOC(=O)CCN1C(=O)N(CCC(C)=O)C(=O)C(CCC(C)=O)(CCC(=O)OCC)C1=O. The number of urea groups is 1. The zero-order chi connectivity index (χ0) is 25.2. The number of imide groups is 2. The van der Waals surface area contributed by atoms with Crippen LogP contribution in [0.3, 0.4) is 0 Å². The minimum atomic E-state index is -1.88. The molecule has 4 amide bonds. The number of barbiturate groups is 1. The molecule has 0 aromatic heterocycles. The zero-order valence-electron chi connectivity index (χ0n) is 19.6. The molecule has 1 atom stereocenters. The van der Waals surface area contributed by atoms with Gasteiger partial charge in [0.2, 0.25) is 11.8 Å². The van der Waals surface area contributed by atoms with Crippen molar-refractivity contribution in [1.29, 1.82) is 0 Å². The number of esters is 2. The molecule has 184 valence electrons. The fourth-order valence-electron chi connectivity index (χ4n) is 3.52. The zero-order valence-corrected chi connectivity index (χ0v) is 19.6. The fourth-order valence-corrected chi connectivity index (χ4v) is 3.52. The summed E-state index contributed by atoms with van der Waals surface area (Å²) in [4.78, 5) is 88.5. The van der Waals surface area contributed by atoms with Crippen LogP contribution in [0.5, 0.6) is 0 Å². The first-order valence-electron chi connectivity index (χ1n) is 11.0. The molecule has 0 aliphatic carbocycles. The van der Waals surface area contributed by atoms with E-state index in [1.165, 1.54) is 13.8 Å². The van der Waals surface area contributed by atoms with Crippen LogP contribution < -0.4 is 0 Å². The van der Waals surface area contributed by atoms with Crippen molar-refractivity contribution in [3.05, 3.63) is 0 Å². The second-order valence-electron chi connectivity index (χ2n) is 7.79. The summed E-state index contributed by atoms with van der Waals surface area (Å²) < 4.78 is 9.75. The lowest BCUT2D eigenvalue weighted by Gasteiger charge is -2.44. The molecule has 1 heterocycles. The molecule has 11 nitrogen and oxygen atoms in total. The maximum absolute atomic E-state index is 13.5. The monoisotopic (exact) mass is 468 g/mol. The number of Topliss-reactive ketones (excluding diaryl/α,β-unsaturated/α-hetero) is 2. The van der Waals surface area contributed by atoms with Gasteiger partial charge < -0.3 is 14.3 Å². The highest BCUT2D eigenvalue weighted by Crippen LogP contribution is 2.39. The first-order chi connectivity index (χ1) is 15.5. The summed E-state index contributed by atoms with van der Waals surface area (Å²) in [5.41, 5.74) is -1.88. The van der Waals surface area contributed by atoms with Crippen LogP contribution >= 0.6 is 0 Å². The van der Waals surface area contributed by atoms with E-state index in [4.69, 9.17) is 9.47 Å². The van der Waals surface area contributed by atoms with Crippen molar-refractivity contribution in [2.24, 2.45) is 5.41 Å². The van der Waals surface area contributed by atoms with Crippen molar-refractivity contribution in [2.75, 3.05) is 26.3 Å². The van der Waals surface area contributed by atoms with Crippen LogP contribution in [0.25, 0.3) is 0 Å². The second kappa shape index (κ2) is 12.8. The van der Waals surface area contributed by atoms with E-state index >= 15 is 0 Å². The topological polar surface area (TPSA) is 144 Å². The molecule has 0 spiro atoms. The van der Waals surface area contributed by atoms with Crippen LogP contribution in [0.1, 0.15) is 66.2 Å². The Balaban J connectivity index is 3.38. The number of ether oxygens (including phenoxy) is 2. The van der Waals surface area contributed by atoms with Gasteiger partial charge in [0.15, 0.2) is 0 Å². The molecule has 0 aromatic carbocycles. The molecule has 0 aromatic rings. The number of rotatable bonds is 14. The van der Waals surface area contributed by atoms with Crippen LogP contribution in [0.4, 0.5) is 4.79 Å². The number of carbonyl (C=O) groups is 7. The summed E-state index contributed by atoms with van der Waals surface area (Å²) in [6.45, 7) is 5.43. The highest BCUT2D eigenvalue weighted by atomic mass is 16.5. The molecule has 33 heavy (non-hydrogen) atoms. The lowest BCUT2D eigenvalue weighted by atomic mass is 9.74. The Morgan fingerprint density at radius 1 is 0.697 bits per heavy atom. The van der Waals surface area contributed by atoms with E-state index in [9.17, 15) is 33.6 Å². The van der Waals surface area contributed by atoms with Crippen molar-refractivity contribution in [3.8, 4) is 0 Å². The smallest absolute Gasteiger partial charge is 0.333 e. The number of hydrogen-bond acceptors (Lipinski definition) is 9. The first-order valence-corrected chi connectivity index (χ1v) is 11.0. The number of nitrogens with zero attached hydrogens (tertiary/aromatic N) is 2. The summed E-state index contributed by atoms with van der Waals surface area (Å²) in [5.74, 6) is -3.57. The number of amides is 4. The average Bonchev–Trinajstić information content (AvgIpc) is 2.73. The van der Waals surface area contributed by atoms with E-state index < -0.39 is 35.2 Å². The molecule has 1 saturated heterocycles. The first kappa shape index (κ1) is 27.9. The normalized spacial score (nSPS) is 18.4. The van der Waals surface area contributed by atoms with Gasteiger partial charge in [-0.3, -0.25) is 33.8 Å². The molecule has 0 bridgehead atoms. The van der Waals surface area contributed by atoms with E-state index in [1.807, 2.05) is 0 Å². The van der Waals surface area contributed by atoms with Gasteiger partial charge in [-0.2, -0.15) is 0 Å². The summed E-state index contributed by atoms with van der Waals surface area (Å²) in [6, 6.07) is -0.954. The quantitative estimate of drug-likeness (QED) is 0.273. The van der Waals surface area contributed by atoms with Crippen molar-refractivity contribution in [2.45, 2.75) is 66.2 Å². The Kier molecular flexibility index (Phi) is 10.8. The van der Waals surface area contributed by atoms with Gasteiger partial charge in [0, 0.05) is 32.4 Å². The lowest BCUT2D eigenvalue weighted by molar-refractivity contribution is -0.161. The van der Waals surface area contributed by atoms with Gasteiger partial charge in [-0.1, -0.05) is 0 Å². The summed E-state index contributed by atoms with van der Waals surface area (Å²) in [6.07, 6.45) is -1.35. The molecular formula is C22H32N2O9. The average molecular weight is 469 g/mol. The van der Waals surface area contributed by atoms with Crippen molar-refractivity contribution in [1.82, 2.24) is 9.80 Å². The summed E-state index contributed by atoms with van der Waals surface area (Å²) in [7, 11) is 0. The minimum Gasteiger partial charge on any atom is -0.466 e. The van der Waals surface area contributed by atoms with E-state index in [2.05, 4.69) is 0 Å². The third-order valence-corrected chi connectivity index (χ3v) is 5.27. The predicted octanol–water partition coefficient (Wildman–Crippen LogP) is 1.41. The molecule has 1 rings (SSSR count). The molecule has 0 N–H and O–H groups in total. The van der Waals surface area contributed by atoms with E-state index in [1.54, 1.807) is 13.8 Å². The predicted molar refractivity (Wildman–Crippen MR) is 114 cm³/mol. The number of ketones is 2. The summed E-state index contributed by atoms with van der Waals surface area (Å²) >= 11 is 0. The Labute approximate surface area is 192 Å². The highest BCUT2D eigenvalue weighted by Gasteiger charge is 2.56. The summed E-state index contributed by atoms with van der Waals surface area (Å²) in [5, 5.41) is 0. The lowest BCUT2D eigenvalue weighted by Crippen LogP contribution is -2.65. The van der Waals surface area contributed by atoms with E-state index in [0.29, 0.717) is 0 Å². The highest BCUT2D eigenvalue weighted by molar-refractivity contribution is 6.19. The van der Waals surface area contributed by atoms with Gasteiger partial charge in [-0.25, -0.2) is 4.79 Å². The van der Waals surface area contributed by atoms with Gasteiger partial charge in [0.05, 0.1) is 19.6 Å². The second-order valence-corrected chi connectivity index (χ2v) is 7.79. The molecular weight excluding hydrogens is 436 g/mol. The molecule has 0 radical (unpaired) electrons. The molecule has 1 fully saturated rings.